The zero-order chi connectivity index (χ0) is 23.5. The number of nitrogens with zero attached hydrogens (tertiary/aromatic N) is 5. The molecule has 0 amide bonds. The van der Waals surface area contributed by atoms with E-state index in [0.717, 1.165) is 56.5 Å². The van der Waals surface area contributed by atoms with Crippen molar-refractivity contribution in [2.24, 2.45) is 11.8 Å². The van der Waals surface area contributed by atoms with Crippen LogP contribution in [0.1, 0.15) is 52.4 Å². The number of benzene rings is 1. The van der Waals surface area contributed by atoms with Crippen LogP contribution in [-0.2, 0) is 0 Å². The molecule has 0 aliphatic carbocycles. The van der Waals surface area contributed by atoms with E-state index in [9.17, 15) is 4.79 Å². The molecule has 8 heteroatoms. The van der Waals surface area contributed by atoms with Crippen molar-refractivity contribution in [2.45, 2.75) is 52.4 Å². The third-order valence-corrected chi connectivity index (χ3v) is 7.37. The highest BCUT2D eigenvalue weighted by molar-refractivity contribution is 5.90. The minimum atomic E-state index is -0.285. The second-order valence-electron chi connectivity index (χ2n) is 9.97. The van der Waals surface area contributed by atoms with E-state index < -0.39 is 0 Å². The predicted octanol–water partition coefficient (Wildman–Crippen LogP) is 4.71. The first-order valence-electron chi connectivity index (χ1n) is 12.7. The van der Waals surface area contributed by atoms with Gasteiger partial charge in [0, 0.05) is 37.6 Å². The number of aromatic amines is 1. The van der Waals surface area contributed by atoms with Crippen LogP contribution in [0.5, 0.6) is 0 Å². The zero-order valence-electron chi connectivity index (χ0n) is 20.3. The number of hydrogen-bond acceptors (Lipinski definition) is 7. The summed E-state index contributed by atoms with van der Waals surface area (Å²) in [6.45, 7) is 8.74. The van der Waals surface area contributed by atoms with Gasteiger partial charge < -0.3 is 15.1 Å². The van der Waals surface area contributed by atoms with Crippen LogP contribution in [0.15, 0.2) is 35.3 Å². The van der Waals surface area contributed by atoms with Crippen molar-refractivity contribution >= 4 is 34.0 Å². The van der Waals surface area contributed by atoms with Gasteiger partial charge in [0.25, 0.3) is 5.56 Å². The number of aromatic nitrogens is 4. The van der Waals surface area contributed by atoms with Gasteiger partial charge in [-0.1, -0.05) is 26.7 Å². The summed E-state index contributed by atoms with van der Waals surface area (Å²) in [4.78, 5) is 26.8. The van der Waals surface area contributed by atoms with Crippen LogP contribution in [0.4, 0.5) is 23.1 Å². The van der Waals surface area contributed by atoms with Crippen molar-refractivity contribution in [3.63, 3.8) is 0 Å². The maximum atomic E-state index is 12.6. The van der Waals surface area contributed by atoms with Crippen LogP contribution in [0, 0.1) is 11.8 Å². The average Bonchev–Trinajstić information content (AvgIpc) is 3.14. The van der Waals surface area contributed by atoms with Crippen LogP contribution in [0.3, 0.4) is 0 Å². The lowest BCUT2D eigenvalue weighted by molar-refractivity contribution is 0.311. The van der Waals surface area contributed by atoms with E-state index in [-0.39, 0.29) is 5.56 Å². The number of anilines is 4. The van der Waals surface area contributed by atoms with Crippen molar-refractivity contribution in [1.82, 2.24) is 20.2 Å². The van der Waals surface area contributed by atoms with Gasteiger partial charge in [-0.3, -0.25) is 4.79 Å². The molecule has 5 rings (SSSR count). The monoisotopic (exact) mass is 461 g/mol. The Hall–Kier alpha value is -3.16. The molecule has 0 radical (unpaired) electrons. The Morgan fingerprint density at radius 1 is 0.941 bits per heavy atom. The number of nitrogens with one attached hydrogen (secondary N) is 2. The minimum Gasteiger partial charge on any atom is -0.372 e. The minimum absolute atomic E-state index is 0.285. The van der Waals surface area contributed by atoms with Gasteiger partial charge in [-0.15, -0.1) is 0 Å². The quantitative estimate of drug-likeness (QED) is 0.569. The summed E-state index contributed by atoms with van der Waals surface area (Å²) in [5, 5.41) is 10.3. The molecule has 2 aliphatic heterocycles. The van der Waals surface area contributed by atoms with Crippen molar-refractivity contribution in [3.05, 3.63) is 40.8 Å². The molecule has 2 saturated heterocycles. The average molecular weight is 462 g/mol. The molecular formula is C26H35N7O. The van der Waals surface area contributed by atoms with Gasteiger partial charge in [-0.25, -0.2) is 10.1 Å². The molecule has 2 fully saturated rings. The molecule has 180 valence electrons. The summed E-state index contributed by atoms with van der Waals surface area (Å²) in [5.74, 6) is 2.77. The van der Waals surface area contributed by atoms with Crippen LogP contribution in [0.2, 0.25) is 0 Å². The molecule has 34 heavy (non-hydrogen) atoms. The molecule has 0 bridgehead atoms. The van der Waals surface area contributed by atoms with Gasteiger partial charge in [-0.05, 0) is 61.8 Å². The van der Waals surface area contributed by atoms with E-state index in [0.29, 0.717) is 22.7 Å². The first-order valence-corrected chi connectivity index (χ1v) is 12.7. The molecule has 0 saturated carbocycles. The normalized spacial score (nSPS) is 17.9. The molecule has 0 unspecified atom stereocenters. The van der Waals surface area contributed by atoms with Gasteiger partial charge >= 0.3 is 0 Å². The van der Waals surface area contributed by atoms with Gasteiger partial charge in [0.1, 0.15) is 16.7 Å². The van der Waals surface area contributed by atoms with Crippen molar-refractivity contribution in [1.29, 1.82) is 0 Å². The molecule has 2 aromatic heterocycles. The summed E-state index contributed by atoms with van der Waals surface area (Å²) in [7, 11) is 0. The smallest absolute Gasteiger partial charge is 0.277 e. The van der Waals surface area contributed by atoms with Gasteiger partial charge in [0.05, 0.1) is 6.20 Å². The van der Waals surface area contributed by atoms with E-state index in [2.05, 4.69) is 68.4 Å². The Balaban J connectivity index is 1.39. The van der Waals surface area contributed by atoms with Gasteiger partial charge in [0.15, 0.2) is 0 Å². The van der Waals surface area contributed by atoms with Crippen LogP contribution in [-0.4, -0.2) is 46.3 Å². The van der Waals surface area contributed by atoms with Crippen molar-refractivity contribution < 1.29 is 0 Å². The Morgan fingerprint density at radius 2 is 1.65 bits per heavy atom. The van der Waals surface area contributed by atoms with Crippen LogP contribution >= 0.6 is 0 Å². The fourth-order valence-corrected chi connectivity index (χ4v) is 5.21. The second kappa shape index (κ2) is 9.99. The molecule has 2 aliphatic rings. The van der Waals surface area contributed by atoms with E-state index in [1.54, 1.807) is 6.20 Å². The number of hydrogen-bond donors (Lipinski definition) is 2. The third-order valence-electron chi connectivity index (χ3n) is 7.37. The van der Waals surface area contributed by atoms with E-state index in [1.165, 1.54) is 31.4 Å². The lowest BCUT2D eigenvalue weighted by atomic mass is 9.86. The van der Waals surface area contributed by atoms with Gasteiger partial charge in [-0.2, -0.15) is 10.1 Å². The van der Waals surface area contributed by atoms with Gasteiger partial charge in [0.2, 0.25) is 5.95 Å². The predicted molar refractivity (Wildman–Crippen MR) is 138 cm³/mol. The Morgan fingerprint density at radius 3 is 2.32 bits per heavy atom. The molecule has 8 nitrogen and oxygen atoms in total. The maximum Gasteiger partial charge on any atom is 0.277 e. The standard InChI is InChI=1S/C26H35N7O/c1-18(2)19-11-15-32(16-12-19)21-9-7-20(8-10-21)28-24-23-22(17-27-31-25(23)34)29-26(30-24)33-13-5-3-4-6-14-33/h7-10,17-19H,3-6,11-16H2,1-2H3,(H,31,34)(H,28,29,30). The van der Waals surface area contributed by atoms with Crippen LogP contribution < -0.4 is 20.7 Å². The Labute approximate surface area is 200 Å². The molecule has 0 atom stereocenters. The number of H-pyrrole nitrogens is 1. The number of rotatable bonds is 5. The molecule has 3 aromatic rings. The molecule has 1 aromatic carbocycles. The summed E-state index contributed by atoms with van der Waals surface area (Å²) in [5.41, 5.74) is 2.42. The molecule has 2 N–H and O–H groups in total. The SMILES string of the molecule is CC(C)C1CCN(c2ccc(Nc3nc(N4CCCCCC4)nc4cn[nH]c(=O)c34)cc2)CC1. The van der Waals surface area contributed by atoms with Crippen LogP contribution in [0.25, 0.3) is 10.9 Å². The fourth-order valence-electron chi connectivity index (χ4n) is 5.21. The van der Waals surface area contributed by atoms with E-state index in [1.807, 2.05) is 0 Å². The first kappa shape index (κ1) is 22.6. The van der Waals surface area contributed by atoms with E-state index >= 15 is 0 Å². The Kier molecular flexibility index (Phi) is 6.65. The highest BCUT2D eigenvalue weighted by Gasteiger charge is 2.22. The summed E-state index contributed by atoms with van der Waals surface area (Å²) < 4.78 is 0. The first-order chi connectivity index (χ1) is 16.6. The Bertz CT molecular complexity index is 1160. The highest BCUT2D eigenvalue weighted by Crippen LogP contribution is 2.30. The number of fused-ring (bicyclic) bond motifs is 1. The van der Waals surface area contributed by atoms with E-state index in [4.69, 9.17) is 4.98 Å². The number of piperidine rings is 1. The third kappa shape index (κ3) is 4.86. The molecular weight excluding hydrogens is 426 g/mol. The fraction of sp³-hybridized carbons (Fsp3) is 0.538. The highest BCUT2D eigenvalue weighted by atomic mass is 16.1. The molecule has 4 heterocycles. The lowest BCUT2D eigenvalue weighted by Gasteiger charge is -2.35. The second-order valence-corrected chi connectivity index (χ2v) is 9.97. The van der Waals surface area contributed by atoms with Crippen molar-refractivity contribution in [2.75, 3.05) is 41.3 Å². The summed E-state index contributed by atoms with van der Waals surface area (Å²) >= 11 is 0. The topological polar surface area (TPSA) is 90.0 Å². The molecule has 0 spiro atoms. The largest absolute Gasteiger partial charge is 0.372 e. The summed E-state index contributed by atoms with van der Waals surface area (Å²) in [6.07, 6.45) is 8.84. The lowest BCUT2D eigenvalue weighted by Crippen LogP contribution is -2.35. The van der Waals surface area contributed by atoms with Crippen molar-refractivity contribution in [3.8, 4) is 0 Å². The zero-order valence-corrected chi connectivity index (χ0v) is 20.3. The summed E-state index contributed by atoms with van der Waals surface area (Å²) in [6, 6.07) is 8.45. The maximum absolute atomic E-state index is 12.6.